The molecule has 0 bridgehead atoms. The molecule has 1 aromatic heterocycles. The lowest BCUT2D eigenvalue weighted by Crippen LogP contribution is -2.24. The van der Waals surface area contributed by atoms with Gasteiger partial charge in [-0.1, -0.05) is 0 Å². The highest BCUT2D eigenvalue weighted by atomic mass is 32.1. The van der Waals surface area contributed by atoms with Crippen molar-refractivity contribution < 1.29 is 28.6 Å². The number of primary amides is 1. The molecule has 1 heterocycles. The average Bonchev–Trinajstić information content (AvgIpc) is 3.07. The molecule has 0 radical (unpaired) electrons. The Labute approximate surface area is 147 Å². The molecular weight excluding hydrogens is 348 g/mol. The molecule has 1 aromatic carbocycles. The first-order valence-electron chi connectivity index (χ1n) is 7.09. The summed E-state index contributed by atoms with van der Waals surface area (Å²) in [4.78, 5) is 34.5. The zero-order chi connectivity index (χ0) is 18.2. The smallest absolute Gasteiger partial charge is 0.344 e. The fourth-order valence-corrected chi connectivity index (χ4v) is 2.57. The van der Waals surface area contributed by atoms with E-state index in [4.69, 9.17) is 19.9 Å². The van der Waals surface area contributed by atoms with Crippen molar-refractivity contribution in [1.82, 2.24) is 0 Å². The summed E-state index contributed by atoms with van der Waals surface area (Å²) >= 11 is 1.14. The van der Waals surface area contributed by atoms with E-state index in [1.807, 2.05) is 0 Å². The molecule has 0 aliphatic rings. The first-order chi connectivity index (χ1) is 12.0. The van der Waals surface area contributed by atoms with E-state index in [2.05, 4.69) is 5.32 Å². The first-order valence-corrected chi connectivity index (χ1v) is 7.97. The van der Waals surface area contributed by atoms with Crippen LogP contribution in [0.3, 0.4) is 0 Å². The van der Waals surface area contributed by atoms with Crippen LogP contribution in [0.2, 0.25) is 0 Å². The van der Waals surface area contributed by atoms with E-state index in [0.717, 1.165) is 11.3 Å². The SMILES string of the molecule is COc1ccc(OCC(=O)OCC(=O)Nc2sccc2C(N)=O)cc1. The number of esters is 1. The summed E-state index contributed by atoms with van der Waals surface area (Å²) in [5.74, 6) is -0.807. The van der Waals surface area contributed by atoms with E-state index in [9.17, 15) is 14.4 Å². The van der Waals surface area contributed by atoms with E-state index in [1.54, 1.807) is 36.8 Å². The molecule has 2 aromatic rings. The Morgan fingerprint density at radius 2 is 1.76 bits per heavy atom. The number of amides is 2. The van der Waals surface area contributed by atoms with Gasteiger partial charge in [-0.15, -0.1) is 11.3 Å². The predicted octanol–water partition coefficient (Wildman–Crippen LogP) is 1.42. The van der Waals surface area contributed by atoms with Crippen molar-refractivity contribution >= 4 is 34.1 Å². The van der Waals surface area contributed by atoms with Gasteiger partial charge in [0.05, 0.1) is 12.7 Å². The van der Waals surface area contributed by atoms with Gasteiger partial charge in [0.1, 0.15) is 16.5 Å². The van der Waals surface area contributed by atoms with Crippen molar-refractivity contribution in [3.63, 3.8) is 0 Å². The van der Waals surface area contributed by atoms with Crippen LogP contribution >= 0.6 is 11.3 Å². The predicted molar refractivity (Wildman–Crippen MR) is 90.9 cm³/mol. The fourth-order valence-electron chi connectivity index (χ4n) is 1.76. The minimum absolute atomic E-state index is 0.201. The number of hydrogen-bond donors (Lipinski definition) is 2. The van der Waals surface area contributed by atoms with E-state index in [1.165, 1.54) is 6.07 Å². The van der Waals surface area contributed by atoms with Gasteiger partial charge in [-0.05, 0) is 35.7 Å². The number of methoxy groups -OCH3 is 1. The number of carbonyl (C=O) groups is 3. The van der Waals surface area contributed by atoms with Gasteiger partial charge in [-0.25, -0.2) is 4.79 Å². The van der Waals surface area contributed by atoms with Crippen molar-refractivity contribution in [3.8, 4) is 11.5 Å². The largest absolute Gasteiger partial charge is 0.497 e. The average molecular weight is 364 g/mol. The molecule has 0 saturated carbocycles. The van der Waals surface area contributed by atoms with E-state index in [0.29, 0.717) is 16.5 Å². The highest BCUT2D eigenvalue weighted by molar-refractivity contribution is 7.14. The van der Waals surface area contributed by atoms with Crippen LogP contribution in [0.25, 0.3) is 0 Å². The first kappa shape index (κ1) is 18.3. The summed E-state index contributed by atoms with van der Waals surface area (Å²) < 4.78 is 15.0. The van der Waals surface area contributed by atoms with Crippen LogP contribution in [0.1, 0.15) is 10.4 Å². The summed E-state index contributed by atoms with van der Waals surface area (Å²) in [5.41, 5.74) is 5.38. The Morgan fingerprint density at radius 3 is 2.40 bits per heavy atom. The second-order valence-corrected chi connectivity index (χ2v) is 5.62. The molecule has 8 nitrogen and oxygen atoms in total. The summed E-state index contributed by atoms with van der Waals surface area (Å²) in [6.45, 7) is -0.841. The molecule has 0 aliphatic carbocycles. The molecule has 2 rings (SSSR count). The fraction of sp³-hybridized carbons (Fsp3) is 0.188. The Kier molecular flexibility index (Phi) is 6.35. The molecule has 0 aliphatic heterocycles. The maximum Gasteiger partial charge on any atom is 0.344 e. The number of anilines is 1. The van der Waals surface area contributed by atoms with Crippen LogP contribution in [0.15, 0.2) is 35.7 Å². The normalized spacial score (nSPS) is 9.96. The van der Waals surface area contributed by atoms with Gasteiger partial charge in [0, 0.05) is 0 Å². The Bertz CT molecular complexity index is 756. The van der Waals surface area contributed by atoms with Gasteiger partial charge in [-0.2, -0.15) is 0 Å². The number of benzene rings is 1. The topological polar surface area (TPSA) is 117 Å². The maximum atomic E-state index is 11.7. The molecule has 25 heavy (non-hydrogen) atoms. The molecule has 0 spiro atoms. The van der Waals surface area contributed by atoms with Crippen molar-refractivity contribution in [3.05, 3.63) is 41.3 Å². The zero-order valence-corrected chi connectivity index (χ0v) is 14.1. The lowest BCUT2D eigenvalue weighted by Gasteiger charge is -2.08. The van der Waals surface area contributed by atoms with Crippen molar-refractivity contribution in [2.45, 2.75) is 0 Å². The van der Waals surface area contributed by atoms with E-state index >= 15 is 0 Å². The molecule has 0 unspecified atom stereocenters. The minimum atomic E-state index is -0.702. The van der Waals surface area contributed by atoms with Crippen molar-refractivity contribution in [2.75, 3.05) is 25.6 Å². The molecule has 2 amide bonds. The third kappa shape index (κ3) is 5.50. The van der Waals surface area contributed by atoms with Gasteiger partial charge in [-0.3, -0.25) is 9.59 Å². The number of ether oxygens (including phenoxy) is 3. The van der Waals surface area contributed by atoms with Gasteiger partial charge in [0.25, 0.3) is 11.8 Å². The monoisotopic (exact) mass is 364 g/mol. The van der Waals surface area contributed by atoms with Crippen LogP contribution < -0.4 is 20.5 Å². The van der Waals surface area contributed by atoms with Gasteiger partial charge < -0.3 is 25.3 Å². The number of nitrogens with two attached hydrogens (primary N) is 1. The molecule has 132 valence electrons. The summed E-state index contributed by atoms with van der Waals surface area (Å²) in [6, 6.07) is 8.15. The summed E-state index contributed by atoms with van der Waals surface area (Å²) in [6.07, 6.45) is 0. The van der Waals surface area contributed by atoms with Crippen LogP contribution in [0.4, 0.5) is 5.00 Å². The molecule has 3 N–H and O–H groups in total. The highest BCUT2D eigenvalue weighted by Crippen LogP contribution is 2.22. The molecular formula is C16H16N2O6S. The van der Waals surface area contributed by atoms with Gasteiger partial charge in [0.2, 0.25) is 0 Å². The summed E-state index contributed by atoms with van der Waals surface area (Å²) in [7, 11) is 1.54. The number of carbonyl (C=O) groups excluding carboxylic acids is 3. The number of rotatable bonds is 8. The van der Waals surface area contributed by atoms with Crippen molar-refractivity contribution in [2.24, 2.45) is 5.73 Å². The van der Waals surface area contributed by atoms with Crippen LogP contribution in [-0.2, 0) is 14.3 Å². The van der Waals surface area contributed by atoms with Crippen LogP contribution in [-0.4, -0.2) is 38.1 Å². The second kappa shape index (κ2) is 8.69. The maximum absolute atomic E-state index is 11.7. The van der Waals surface area contributed by atoms with Crippen LogP contribution in [0, 0.1) is 0 Å². The number of hydrogen-bond acceptors (Lipinski definition) is 7. The Balaban J connectivity index is 1.74. The Morgan fingerprint density at radius 1 is 1.08 bits per heavy atom. The molecule has 9 heteroatoms. The van der Waals surface area contributed by atoms with Gasteiger partial charge >= 0.3 is 5.97 Å². The minimum Gasteiger partial charge on any atom is -0.497 e. The van der Waals surface area contributed by atoms with Gasteiger partial charge in [0.15, 0.2) is 13.2 Å². The van der Waals surface area contributed by atoms with E-state index < -0.39 is 24.4 Å². The zero-order valence-electron chi connectivity index (χ0n) is 13.3. The van der Waals surface area contributed by atoms with Crippen LogP contribution in [0.5, 0.6) is 11.5 Å². The molecule has 0 fully saturated rings. The second-order valence-electron chi connectivity index (χ2n) is 4.70. The number of nitrogens with one attached hydrogen (secondary N) is 1. The molecule has 0 saturated heterocycles. The lowest BCUT2D eigenvalue weighted by atomic mass is 10.3. The standard InChI is InChI=1S/C16H16N2O6S/c1-22-10-2-4-11(5-3-10)23-9-14(20)24-8-13(19)18-16-12(15(17)21)6-7-25-16/h2-7H,8-9H2,1H3,(H2,17,21)(H,18,19). The highest BCUT2D eigenvalue weighted by Gasteiger charge is 2.14. The summed E-state index contributed by atoms with van der Waals surface area (Å²) in [5, 5.41) is 4.38. The quantitative estimate of drug-likeness (QED) is 0.684. The Hall–Kier alpha value is -3.07. The lowest BCUT2D eigenvalue weighted by molar-refractivity contribution is -0.149. The third-order valence-corrected chi connectivity index (χ3v) is 3.79. The molecule has 0 atom stereocenters. The van der Waals surface area contributed by atoms with Crippen molar-refractivity contribution in [1.29, 1.82) is 0 Å². The third-order valence-electron chi connectivity index (χ3n) is 2.96. The number of thiophene rings is 1. The van der Waals surface area contributed by atoms with E-state index in [-0.39, 0.29) is 12.2 Å².